The Hall–Kier alpha value is -2.19. The quantitative estimate of drug-likeness (QED) is 0.810. The van der Waals surface area contributed by atoms with E-state index >= 15 is 0 Å². The van der Waals surface area contributed by atoms with Crippen LogP contribution in [0.5, 0.6) is 0 Å². The second kappa shape index (κ2) is 6.06. The van der Waals surface area contributed by atoms with Crippen LogP contribution in [0, 0.1) is 0 Å². The summed E-state index contributed by atoms with van der Waals surface area (Å²) in [6.07, 6.45) is 1.32. The Balaban J connectivity index is 2.18. The van der Waals surface area contributed by atoms with Gasteiger partial charge in [0.05, 0.1) is 11.3 Å². The predicted octanol–water partition coefficient (Wildman–Crippen LogP) is 1.77. The summed E-state index contributed by atoms with van der Waals surface area (Å²) in [4.78, 5) is 18.2. The first-order valence-corrected chi connectivity index (χ1v) is 7.70. The molecule has 110 valence electrons. The van der Waals surface area contributed by atoms with Crippen molar-refractivity contribution in [3.63, 3.8) is 0 Å². The maximum absolute atomic E-state index is 12.0. The SMILES string of the molecule is O=C(O)c1cccc(CS(=O)(=O)Nc2ccnc(Cl)n2)c1. The maximum Gasteiger partial charge on any atom is 0.335 e. The van der Waals surface area contributed by atoms with Crippen molar-refractivity contribution in [1.29, 1.82) is 0 Å². The van der Waals surface area contributed by atoms with Crippen molar-refractivity contribution in [2.75, 3.05) is 4.72 Å². The molecule has 9 heteroatoms. The van der Waals surface area contributed by atoms with Gasteiger partial charge < -0.3 is 5.11 Å². The zero-order valence-corrected chi connectivity index (χ0v) is 12.1. The van der Waals surface area contributed by atoms with E-state index in [1.54, 1.807) is 0 Å². The summed E-state index contributed by atoms with van der Waals surface area (Å²) in [6.45, 7) is 0. The number of carboxylic acids is 1. The van der Waals surface area contributed by atoms with Crippen molar-refractivity contribution in [3.8, 4) is 0 Å². The highest BCUT2D eigenvalue weighted by Gasteiger charge is 2.14. The van der Waals surface area contributed by atoms with Gasteiger partial charge in [0.25, 0.3) is 0 Å². The number of nitrogens with zero attached hydrogens (tertiary/aromatic N) is 2. The van der Waals surface area contributed by atoms with Crippen molar-refractivity contribution in [2.24, 2.45) is 0 Å². The van der Waals surface area contributed by atoms with Crippen LogP contribution < -0.4 is 4.72 Å². The molecular formula is C12H10ClN3O4S. The molecule has 0 bridgehead atoms. The number of nitrogens with one attached hydrogen (secondary N) is 1. The molecule has 2 aromatic rings. The molecule has 2 N–H and O–H groups in total. The normalized spacial score (nSPS) is 11.1. The molecule has 0 saturated heterocycles. The van der Waals surface area contributed by atoms with Crippen LogP contribution in [0.25, 0.3) is 0 Å². The van der Waals surface area contributed by atoms with Crippen LogP contribution in [0.2, 0.25) is 5.28 Å². The zero-order valence-electron chi connectivity index (χ0n) is 10.5. The van der Waals surface area contributed by atoms with Gasteiger partial charge in [0.15, 0.2) is 0 Å². The van der Waals surface area contributed by atoms with Crippen molar-refractivity contribution in [3.05, 3.63) is 52.9 Å². The minimum absolute atomic E-state index is 0.0211. The number of carbonyl (C=O) groups is 1. The number of hydrogen-bond donors (Lipinski definition) is 2. The smallest absolute Gasteiger partial charge is 0.335 e. The van der Waals surface area contributed by atoms with E-state index in [1.807, 2.05) is 0 Å². The summed E-state index contributed by atoms with van der Waals surface area (Å²) in [5.41, 5.74) is 0.371. The van der Waals surface area contributed by atoms with Crippen molar-refractivity contribution >= 4 is 33.4 Å². The average molecular weight is 328 g/mol. The first-order chi connectivity index (χ1) is 9.85. The van der Waals surface area contributed by atoms with Crippen molar-refractivity contribution in [2.45, 2.75) is 5.75 Å². The number of aromatic nitrogens is 2. The van der Waals surface area contributed by atoms with E-state index in [9.17, 15) is 13.2 Å². The summed E-state index contributed by atoms with van der Waals surface area (Å²) in [5.74, 6) is -1.45. The van der Waals surface area contributed by atoms with Gasteiger partial charge >= 0.3 is 5.97 Å². The highest BCUT2D eigenvalue weighted by atomic mass is 35.5. The average Bonchev–Trinajstić information content (AvgIpc) is 2.37. The fraction of sp³-hybridized carbons (Fsp3) is 0.0833. The monoisotopic (exact) mass is 327 g/mol. The fourth-order valence-electron chi connectivity index (χ4n) is 1.60. The van der Waals surface area contributed by atoms with Gasteiger partial charge in [0.1, 0.15) is 5.82 Å². The molecule has 0 fully saturated rings. The lowest BCUT2D eigenvalue weighted by atomic mass is 10.1. The van der Waals surface area contributed by atoms with Crippen molar-refractivity contribution < 1.29 is 18.3 Å². The number of halogens is 1. The lowest BCUT2D eigenvalue weighted by Crippen LogP contribution is -2.16. The minimum atomic E-state index is -3.74. The van der Waals surface area contributed by atoms with Crippen LogP contribution in [0.4, 0.5) is 5.82 Å². The number of carboxylic acid groups (broad SMARTS) is 1. The Bertz CT molecular complexity index is 780. The molecule has 0 radical (unpaired) electrons. The third kappa shape index (κ3) is 4.40. The number of aromatic carboxylic acids is 1. The number of rotatable bonds is 5. The Labute approximate surface area is 125 Å². The summed E-state index contributed by atoms with van der Waals surface area (Å²) in [5, 5.41) is 8.80. The second-order valence-corrected chi connectivity index (χ2v) is 6.14. The summed E-state index contributed by atoms with van der Waals surface area (Å²) >= 11 is 5.57. The molecule has 7 nitrogen and oxygen atoms in total. The summed E-state index contributed by atoms with van der Waals surface area (Å²) in [6, 6.07) is 7.05. The summed E-state index contributed by atoms with van der Waals surface area (Å²) in [7, 11) is -3.74. The Morgan fingerprint density at radius 1 is 1.33 bits per heavy atom. The molecule has 0 aliphatic rings. The van der Waals surface area contributed by atoms with Crippen LogP contribution in [-0.2, 0) is 15.8 Å². The fourth-order valence-corrected chi connectivity index (χ4v) is 2.87. The Morgan fingerprint density at radius 3 is 2.76 bits per heavy atom. The van der Waals surface area contributed by atoms with E-state index in [0.29, 0.717) is 5.56 Å². The van der Waals surface area contributed by atoms with E-state index in [-0.39, 0.29) is 22.4 Å². The van der Waals surface area contributed by atoms with Gasteiger partial charge in [-0.1, -0.05) is 12.1 Å². The molecule has 1 heterocycles. The highest BCUT2D eigenvalue weighted by Crippen LogP contribution is 2.13. The van der Waals surface area contributed by atoms with Crippen LogP contribution in [0.3, 0.4) is 0 Å². The van der Waals surface area contributed by atoms with Gasteiger partial charge in [-0.3, -0.25) is 4.72 Å². The van der Waals surface area contributed by atoms with Gasteiger partial charge in [-0.2, -0.15) is 4.98 Å². The lowest BCUT2D eigenvalue weighted by molar-refractivity contribution is 0.0696. The first kappa shape index (κ1) is 15.2. The molecule has 0 aliphatic heterocycles. The van der Waals surface area contributed by atoms with Crippen LogP contribution in [-0.4, -0.2) is 29.5 Å². The van der Waals surface area contributed by atoms with E-state index in [0.717, 1.165) is 0 Å². The molecular weight excluding hydrogens is 318 g/mol. The Kier molecular flexibility index (Phi) is 4.39. The lowest BCUT2D eigenvalue weighted by Gasteiger charge is -2.07. The van der Waals surface area contributed by atoms with E-state index in [1.165, 1.54) is 36.5 Å². The van der Waals surface area contributed by atoms with Crippen LogP contribution in [0.1, 0.15) is 15.9 Å². The molecule has 0 aliphatic carbocycles. The van der Waals surface area contributed by atoms with Crippen LogP contribution in [0.15, 0.2) is 36.5 Å². The predicted molar refractivity (Wildman–Crippen MR) is 76.7 cm³/mol. The van der Waals surface area contributed by atoms with Gasteiger partial charge in [-0.15, -0.1) is 0 Å². The largest absolute Gasteiger partial charge is 0.478 e. The standard InChI is InChI=1S/C12H10ClN3O4S/c13-12-14-5-4-10(15-12)16-21(19,20)7-8-2-1-3-9(6-8)11(17)18/h1-6H,7H2,(H,17,18)(H,14,15,16). The van der Waals surface area contributed by atoms with Crippen molar-refractivity contribution in [1.82, 2.24) is 9.97 Å². The van der Waals surface area contributed by atoms with Gasteiger partial charge in [0, 0.05) is 6.20 Å². The third-order valence-corrected chi connectivity index (χ3v) is 3.83. The molecule has 21 heavy (non-hydrogen) atoms. The first-order valence-electron chi connectivity index (χ1n) is 5.67. The van der Waals surface area contributed by atoms with Crippen LogP contribution >= 0.6 is 11.6 Å². The van der Waals surface area contributed by atoms with E-state index in [2.05, 4.69) is 14.7 Å². The molecule has 1 aromatic carbocycles. The third-order valence-electron chi connectivity index (χ3n) is 2.42. The van der Waals surface area contributed by atoms with E-state index < -0.39 is 16.0 Å². The van der Waals surface area contributed by atoms with Gasteiger partial charge in [-0.05, 0) is 35.4 Å². The Morgan fingerprint density at radius 2 is 2.10 bits per heavy atom. The number of hydrogen-bond acceptors (Lipinski definition) is 5. The molecule has 0 spiro atoms. The molecule has 0 saturated carbocycles. The number of sulfonamides is 1. The van der Waals surface area contributed by atoms with Gasteiger partial charge in [0.2, 0.25) is 15.3 Å². The number of anilines is 1. The number of benzene rings is 1. The molecule has 0 unspecified atom stereocenters. The molecule has 0 amide bonds. The topological polar surface area (TPSA) is 109 Å². The van der Waals surface area contributed by atoms with Gasteiger partial charge in [-0.25, -0.2) is 18.2 Å². The molecule has 1 aromatic heterocycles. The highest BCUT2D eigenvalue weighted by molar-refractivity contribution is 7.91. The summed E-state index contributed by atoms with van der Waals surface area (Å²) < 4.78 is 26.2. The molecule has 2 rings (SSSR count). The van der Waals surface area contributed by atoms with E-state index in [4.69, 9.17) is 16.7 Å². The maximum atomic E-state index is 12.0. The second-order valence-electron chi connectivity index (χ2n) is 4.08. The zero-order chi connectivity index (χ0) is 15.5. The molecule has 0 atom stereocenters. The minimum Gasteiger partial charge on any atom is -0.478 e.